The second-order valence-corrected chi connectivity index (χ2v) is 6.04. The van der Waals surface area contributed by atoms with Gasteiger partial charge < -0.3 is 5.32 Å². The van der Waals surface area contributed by atoms with Crippen LogP contribution in [0.2, 0.25) is 0 Å². The molecule has 0 atom stereocenters. The van der Waals surface area contributed by atoms with Gasteiger partial charge in [-0.3, -0.25) is 4.79 Å². The van der Waals surface area contributed by atoms with Crippen LogP contribution in [0.25, 0.3) is 0 Å². The molecule has 0 radical (unpaired) electrons. The molecule has 0 aliphatic rings. The van der Waals surface area contributed by atoms with Crippen LogP contribution >= 0.6 is 11.8 Å². The van der Waals surface area contributed by atoms with E-state index in [2.05, 4.69) is 23.5 Å². The number of hydrogen-bond acceptors (Lipinski definition) is 4. The summed E-state index contributed by atoms with van der Waals surface area (Å²) in [5, 5.41) is 12.4. The van der Waals surface area contributed by atoms with Gasteiger partial charge in [0.2, 0.25) is 0 Å². The first-order valence-corrected chi connectivity index (χ1v) is 8.16. The Hall–Kier alpha value is -2.25. The first-order chi connectivity index (χ1) is 10.7. The van der Waals surface area contributed by atoms with Crippen molar-refractivity contribution in [1.82, 2.24) is 0 Å². The molecule has 0 heterocycles. The second-order valence-electron chi connectivity index (χ2n) is 4.87. The Morgan fingerprint density at radius 2 is 2.00 bits per heavy atom. The summed E-state index contributed by atoms with van der Waals surface area (Å²) in [5.74, 6) is 1.01. The van der Waals surface area contributed by atoms with Crippen LogP contribution in [0.4, 0.5) is 5.69 Å². The predicted molar refractivity (Wildman–Crippen MR) is 91.4 cm³/mol. The molecular weight excluding hydrogens is 292 g/mol. The number of hydrogen-bond donors (Lipinski definition) is 1. The smallest absolute Gasteiger partial charge is 0.159 e. The summed E-state index contributed by atoms with van der Waals surface area (Å²) >= 11 is 1.81. The molecule has 22 heavy (non-hydrogen) atoms. The highest BCUT2D eigenvalue weighted by atomic mass is 32.2. The number of thioether (sulfide) groups is 1. The molecule has 0 amide bonds. The molecule has 0 saturated heterocycles. The lowest BCUT2D eigenvalue weighted by Crippen LogP contribution is -2.05. The quantitative estimate of drug-likeness (QED) is 0.469. The number of carbonyl (C=O) groups excluding carboxylic acids is 1. The normalized spacial score (nSPS) is 10.0. The average molecular weight is 310 g/mol. The topological polar surface area (TPSA) is 52.9 Å². The molecule has 0 fully saturated rings. The van der Waals surface area contributed by atoms with E-state index in [9.17, 15) is 4.79 Å². The van der Waals surface area contributed by atoms with Crippen LogP contribution in [0.3, 0.4) is 0 Å². The Morgan fingerprint density at radius 1 is 1.23 bits per heavy atom. The SMILES string of the molecule is CC(=O)c1ccc(C#N)c(NCCCSc2ccccc2)c1. The van der Waals surface area contributed by atoms with Gasteiger partial charge in [0, 0.05) is 17.0 Å². The summed E-state index contributed by atoms with van der Waals surface area (Å²) in [5.41, 5.74) is 1.93. The van der Waals surface area contributed by atoms with Crippen molar-refractivity contribution < 1.29 is 4.79 Å². The van der Waals surface area contributed by atoms with Crippen molar-refractivity contribution in [2.45, 2.75) is 18.2 Å². The van der Waals surface area contributed by atoms with E-state index in [1.54, 1.807) is 18.2 Å². The van der Waals surface area contributed by atoms with E-state index in [-0.39, 0.29) is 5.78 Å². The van der Waals surface area contributed by atoms with Gasteiger partial charge in [-0.1, -0.05) is 18.2 Å². The molecule has 0 bridgehead atoms. The summed E-state index contributed by atoms with van der Waals surface area (Å²) in [6.45, 7) is 2.30. The Bertz CT molecular complexity index is 677. The van der Waals surface area contributed by atoms with Crippen molar-refractivity contribution in [2.24, 2.45) is 0 Å². The molecule has 0 aliphatic heterocycles. The number of ketones is 1. The Balaban J connectivity index is 1.85. The van der Waals surface area contributed by atoms with Gasteiger partial charge in [0.25, 0.3) is 0 Å². The van der Waals surface area contributed by atoms with Crippen LogP contribution in [-0.2, 0) is 0 Å². The fourth-order valence-electron chi connectivity index (χ4n) is 2.01. The standard InChI is InChI=1S/C18H18N2OS/c1-14(21)15-8-9-16(13-19)18(12-15)20-10-5-11-22-17-6-3-2-4-7-17/h2-4,6-9,12,20H,5,10-11H2,1H3. The van der Waals surface area contributed by atoms with E-state index in [0.29, 0.717) is 11.1 Å². The van der Waals surface area contributed by atoms with Gasteiger partial charge in [0.05, 0.1) is 11.3 Å². The minimum atomic E-state index is 0.00664. The largest absolute Gasteiger partial charge is 0.384 e. The van der Waals surface area contributed by atoms with Gasteiger partial charge in [0.15, 0.2) is 5.78 Å². The first-order valence-electron chi connectivity index (χ1n) is 7.17. The van der Waals surface area contributed by atoms with Gasteiger partial charge in [-0.15, -0.1) is 11.8 Å². The average Bonchev–Trinajstić information content (AvgIpc) is 2.55. The zero-order valence-electron chi connectivity index (χ0n) is 12.5. The molecule has 3 nitrogen and oxygen atoms in total. The number of Topliss-reactive ketones (excluding diaryl/α,β-unsaturated/α-hetero) is 1. The molecular formula is C18H18N2OS. The highest BCUT2D eigenvalue weighted by molar-refractivity contribution is 7.99. The number of rotatable bonds is 7. The second kappa shape index (κ2) is 8.26. The Morgan fingerprint density at radius 3 is 2.68 bits per heavy atom. The number of carbonyl (C=O) groups is 1. The summed E-state index contributed by atoms with van der Waals surface area (Å²) in [4.78, 5) is 12.7. The lowest BCUT2D eigenvalue weighted by atomic mass is 10.1. The maximum atomic E-state index is 11.4. The molecule has 2 rings (SSSR count). The maximum Gasteiger partial charge on any atom is 0.159 e. The number of anilines is 1. The summed E-state index contributed by atoms with van der Waals surface area (Å²) in [7, 11) is 0. The first kappa shape index (κ1) is 16.1. The van der Waals surface area contributed by atoms with Crippen molar-refractivity contribution in [3.63, 3.8) is 0 Å². The van der Waals surface area contributed by atoms with E-state index in [1.807, 2.05) is 30.0 Å². The van der Waals surface area contributed by atoms with Crippen LogP contribution in [0, 0.1) is 11.3 Å². The van der Waals surface area contributed by atoms with Crippen molar-refractivity contribution >= 4 is 23.2 Å². The Labute approximate surface area is 135 Å². The van der Waals surface area contributed by atoms with Gasteiger partial charge >= 0.3 is 0 Å². The third kappa shape index (κ3) is 4.64. The van der Waals surface area contributed by atoms with E-state index >= 15 is 0 Å². The molecule has 0 saturated carbocycles. The van der Waals surface area contributed by atoms with Gasteiger partial charge in [-0.25, -0.2) is 0 Å². The molecule has 0 aliphatic carbocycles. The maximum absolute atomic E-state index is 11.4. The van der Waals surface area contributed by atoms with Crippen molar-refractivity contribution in [2.75, 3.05) is 17.6 Å². The fraction of sp³-hybridized carbons (Fsp3) is 0.222. The summed E-state index contributed by atoms with van der Waals surface area (Å²) < 4.78 is 0. The zero-order valence-corrected chi connectivity index (χ0v) is 13.3. The molecule has 0 spiro atoms. The van der Waals surface area contributed by atoms with Crippen LogP contribution < -0.4 is 5.32 Å². The third-order valence-corrected chi connectivity index (χ3v) is 4.29. The zero-order chi connectivity index (χ0) is 15.8. The van der Waals surface area contributed by atoms with Crippen molar-refractivity contribution in [3.05, 3.63) is 59.7 Å². The number of nitrogens with zero attached hydrogens (tertiary/aromatic N) is 1. The van der Waals surface area contributed by atoms with E-state index in [0.717, 1.165) is 24.4 Å². The lowest BCUT2D eigenvalue weighted by molar-refractivity contribution is 0.101. The molecule has 4 heteroatoms. The fourth-order valence-corrected chi connectivity index (χ4v) is 2.88. The van der Waals surface area contributed by atoms with Crippen LogP contribution in [-0.4, -0.2) is 18.1 Å². The summed E-state index contributed by atoms with van der Waals surface area (Å²) in [6.07, 6.45) is 0.981. The molecule has 2 aromatic carbocycles. The monoisotopic (exact) mass is 310 g/mol. The molecule has 112 valence electrons. The van der Waals surface area contributed by atoms with Crippen LogP contribution in [0.15, 0.2) is 53.4 Å². The molecule has 1 N–H and O–H groups in total. The lowest BCUT2D eigenvalue weighted by Gasteiger charge is -2.09. The molecule has 0 aromatic heterocycles. The highest BCUT2D eigenvalue weighted by Gasteiger charge is 2.06. The molecule has 2 aromatic rings. The Kier molecular flexibility index (Phi) is 6.05. The van der Waals surface area contributed by atoms with Crippen molar-refractivity contribution in [1.29, 1.82) is 5.26 Å². The van der Waals surface area contributed by atoms with Gasteiger partial charge in [-0.2, -0.15) is 5.26 Å². The van der Waals surface area contributed by atoms with E-state index in [4.69, 9.17) is 5.26 Å². The number of benzene rings is 2. The predicted octanol–water partition coefficient (Wildman–Crippen LogP) is 4.36. The van der Waals surface area contributed by atoms with Gasteiger partial charge in [-0.05, 0) is 49.4 Å². The molecule has 0 unspecified atom stereocenters. The van der Waals surface area contributed by atoms with E-state index in [1.165, 1.54) is 11.8 Å². The van der Waals surface area contributed by atoms with Crippen LogP contribution in [0.1, 0.15) is 29.3 Å². The number of nitriles is 1. The summed E-state index contributed by atoms with van der Waals surface area (Å²) in [6, 6.07) is 17.6. The number of nitrogens with one attached hydrogen (secondary N) is 1. The van der Waals surface area contributed by atoms with E-state index < -0.39 is 0 Å². The third-order valence-electron chi connectivity index (χ3n) is 3.20. The highest BCUT2D eigenvalue weighted by Crippen LogP contribution is 2.20. The minimum Gasteiger partial charge on any atom is -0.384 e. The van der Waals surface area contributed by atoms with Gasteiger partial charge in [0.1, 0.15) is 6.07 Å². The van der Waals surface area contributed by atoms with Crippen LogP contribution in [0.5, 0.6) is 0 Å². The van der Waals surface area contributed by atoms with Crippen molar-refractivity contribution in [3.8, 4) is 6.07 Å². The minimum absolute atomic E-state index is 0.00664.